The van der Waals surface area contributed by atoms with Crippen molar-refractivity contribution in [3.63, 3.8) is 0 Å². The molecule has 5 nitrogen and oxygen atoms in total. The molecular formula is C5H6N4O. The molecule has 0 aliphatic rings. The second-order valence-electron chi connectivity index (χ2n) is 1.72. The molecule has 0 spiro atoms. The molecule has 0 saturated heterocycles. The fourth-order valence-corrected chi connectivity index (χ4v) is 0.537. The molecule has 0 aliphatic heterocycles. The number of hydrogen-bond donors (Lipinski definition) is 2. The van der Waals surface area contributed by atoms with E-state index in [1.54, 1.807) is 0 Å². The van der Waals surface area contributed by atoms with Crippen molar-refractivity contribution in [2.45, 2.75) is 0 Å². The first-order valence-corrected chi connectivity index (χ1v) is 2.58. The number of rotatable bonds is 1. The highest BCUT2D eigenvalue weighted by molar-refractivity contribution is 5.97. The number of amides is 1. The SMILES string of the molecule is NC(=O)c1cnncc1N. The molecule has 0 radical (unpaired) electrons. The highest BCUT2D eigenvalue weighted by Crippen LogP contribution is 2.04. The fraction of sp³-hybridized carbons (Fsp3) is 0. The zero-order valence-corrected chi connectivity index (χ0v) is 5.11. The quantitative estimate of drug-likeness (QED) is 0.528. The van der Waals surface area contributed by atoms with E-state index in [4.69, 9.17) is 11.5 Å². The van der Waals surface area contributed by atoms with Crippen LogP contribution in [0.4, 0.5) is 5.69 Å². The van der Waals surface area contributed by atoms with Crippen LogP contribution in [-0.2, 0) is 0 Å². The zero-order chi connectivity index (χ0) is 7.56. The Hall–Kier alpha value is -1.65. The van der Waals surface area contributed by atoms with E-state index in [0.717, 1.165) is 0 Å². The Morgan fingerprint density at radius 3 is 2.40 bits per heavy atom. The van der Waals surface area contributed by atoms with Gasteiger partial charge in [0.2, 0.25) is 0 Å². The number of primary amides is 1. The normalized spacial score (nSPS) is 9.20. The number of nitrogens with two attached hydrogens (primary N) is 2. The molecule has 1 rings (SSSR count). The number of anilines is 1. The van der Waals surface area contributed by atoms with Gasteiger partial charge in [-0.2, -0.15) is 10.2 Å². The van der Waals surface area contributed by atoms with Crippen LogP contribution in [-0.4, -0.2) is 16.1 Å². The lowest BCUT2D eigenvalue weighted by molar-refractivity contribution is 0.100. The second-order valence-corrected chi connectivity index (χ2v) is 1.72. The maximum absolute atomic E-state index is 10.5. The molecule has 0 aromatic carbocycles. The van der Waals surface area contributed by atoms with Gasteiger partial charge in [0.05, 0.1) is 23.6 Å². The summed E-state index contributed by atoms with van der Waals surface area (Å²) in [7, 11) is 0. The molecule has 1 aromatic heterocycles. The van der Waals surface area contributed by atoms with Gasteiger partial charge >= 0.3 is 0 Å². The van der Waals surface area contributed by atoms with Gasteiger partial charge in [0.25, 0.3) is 5.91 Å². The largest absolute Gasteiger partial charge is 0.397 e. The Balaban J connectivity index is 3.15. The van der Waals surface area contributed by atoms with Gasteiger partial charge < -0.3 is 11.5 Å². The van der Waals surface area contributed by atoms with E-state index < -0.39 is 5.91 Å². The molecule has 5 heteroatoms. The number of aromatic nitrogens is 2. The molecule has 0 saturated carbocycles. The van der Waals surface area contributed by atoms with Gasteiger partial charge in [0, 0.05) is 0 Å². The third-order valence-corrected chi connectivity index (χ3v) is 1.03. The average molecular weight is 138 g/mol. The fourth-order valence-electron chi connectivity index (χ4n) is 0.537. The average Bonchev–Trinajstić information content (AvgIpc) is 1.88. The minimum atomic E-state index is -0.590. The van der Waals surface area contributed by atoms with Crippen molar-refractivity contribution in [3.05, 3.63) is 18.0 Å². The maximum Gasteiger partial charge on any atom is 0.252 e. The Labute approximate surface area is 57.0 Å². The molecule has 1 aromatic rings. The van der Waals surface area contributed by atoms with Gasteiger partial charge in [-0.1, -0.05) is 0 Å². The lowest BCUT2D eigenvalue weighted by atomic mass is 10.2. The predicted molar refractivity (Wildman–Crippen MR) is 35.0 cm³/mol. The summed E-state index contributed by atoms with van der Waals surface area (Å²) in [5.74, 6) is -0.590. The van der Waals surface area contributed by atoms with E-state index in [0.29, 0.717) is 0 Å². The predicted octanol–water partition coefficient (Wildman–Crippen LogP) is -0.842. The molecule has 0 bridgehead atoms. The molecular weight excluding hydrogens is 132 g/mol. The molecule has 1 heterocycles. The number of nitrogen functional groups attached to an aromatic ring is 1. The first-order valence-electron chi connectivity index (χ1n) is 2.58. The van der Waals surface area contributed by atoms with Gasteiger partial charge in [0.15, 0.2) is 0 Å². The molecule has 4 N–H and O–H groups in total. The van der Waals surface area contributed by atoms with Crippen LogP contribution in [0.25, 0.3) is 0 Å². The number of carbonyl (C=O) groups is 1. The van der Waals surface area contributed by atoms with Crippen molar-refractivity contribution in [3.8, 4) is 0 Å². The van der Waals surface area contributed by atoms with Gasteiger partial charge in [-0.05, 0) is 0 Å². The molecule has 0 unspecified atom stereocenters. The van der Waals surface area contributed by atoms with Gasteiger partial charge in [0.1, 0.15) is 0 Å². The zero-order valence-electron chi connectivity index (χ0n) is 5.11. The monoisotopic (exact) mass is 138 g/mol. The summed E-state index contributed by atoms with van der Waals surface area (Å²) in [6.45, 7) is 0. The van der Waals surface area contributed by atoms with Crippen LogP contribution in [0.1, 0.15) is 10.4 Å². The van der Waals surface area contributed by atoms with Crippen molar-refractivity contribution in [1.29, 1.82) is 0 Å². The number of hydrogen-bond acceptors (Lipinski definition) is 4. The third-order valence-electron chi connectivity index (χ3n) is 1.03. The summed E-state index contributed by atoms with van der Waals surface area (Å²) in [6, 6.07) is 0. The van der Waals surface area contributed by atoms with Gasteiger partial charge in [-0.15, -0.1) is 0 Å². The Bertz CT molecular complexity index is 260. The van der Waals surface area contributed by atoms with Crippen LogP contribution < -0.4 is 11.5 Å². The molecule has 0 fully saturated rings. The molecule has 52 valence electrons. The Kier molecular flexibility index (Phi) is 1.49. The maximum atomic E-state index is 10.5. The van der Waals surface area contributed by atoms with Crippen molar-refractivity contribution in [2.75, 3.05) is 5.73 Å². The summed E-state index contributed by atoms with van der Waals surface area (Å²) in [5.41, 5.74) is 10.7. The Morgan fingerprint density at radius 1 is 1.40 bits per heavy atom. The van der Waals surface area contributed by atoms with E-state index in [9.17, 15) is 4.79 Å². The number of carbonyl (C=O) groups excluding carboxylic acids is 1. The first-order chi connectivity index (χ1) is 4.72. The molecule has 0 atom stereocenters. The van der Waals surface area contributed by atoms with Crippen molar-refractivity contribution >= 4 is 11.6 Å². The molecule has 10 heavy (non-hydrogen) atoms. The van der Waals surface area contributed by atoms with Crippen LogP contribution in [0.3, 0.4) is 0 Å². The highest BCUT2D eigenvalue weighted by Gasteiger charge is 2.03. The lowest BCUT2D eigenvalue weighted by Crippen LogP contribution is -2.14. The van der Waals surface area contributed by atoms with Gasteiger partial charge in [-0.25, -0.2) is 0 Å². The van der Waals surface area contributed by atoms with Crippen LogP contribution in [0.15, 0.2) is 12.4 Å². The first kappa shape index (κ1) is 6.47. The van der Waals surface area contributed by atoms with Crippen LogP contribution in [0.5, 0.6) is 0 Å². The minimum absolute atomic E-state index is 0.204. The second kappa shape index (κ2) is 2.30. The van der Waals surface area contributed by atoms with Crippen LogP contribution in [0.2, 0.25) is 0 Å². The standard InChI is InChI=1S/C5H6N4O/c6-4-2-9-8-1-3(4)5(7)10/h1-2H,(H2,6,8)(H2,7,10). The van der Waals surface area contributed by atoms with E-state index in [1.807, 2.05) is 0 Å². The summed E-state index contributed by atoms with van der Waals surface area (Å²) < 4.78 is 0. The molecule has 1 amide bonds. The highest BCUT2D eigenvalue weighted by atomic mass is 16.1. The van der Waals surface area contributed by atoms with Crippen molar-refractivity contribution < 1.29 is 4.79 Å². The minimum Gasteiger partial charge on any atom is -0.397 e. The lowest BCUT2D eigenvalue weighted by Gasteiger charge is -1.95. The Morgan fingerprint density at radius 2 is 2.00 bits per heavy atom. The van der Waals surface area contributed by atoms with E-state index in [2.05, 4.69) is 10.2 Å². The molecule has 0 aliphatic carbocycles. The van der Waals surface area contributed by atoms with Gasteiger partial charge in [-0.3, -0.25) is 4.79 Å². The summed E-state index contributed by atoms with van der Waals surface area (Å²) in [4.78, 5) is 10.5. The topological polar surface area (TPSA) is 94.9 Å². The number of nitrogens with zero attached hydrogens (tertiary/aromatic N) is 2. The van der Waals surface area contributed by atoms with E-state index in [1.165, 1.54) is 12.4 Å². The van der Waals surface area contributed by atoms with Crippen LogP contribution >= 0.6 is 0 Å². The summed E-state index contributed by atoms with van der Waals surface area (Å²) in [6.07, 6.45) is 2.51. The third kappa shape index (κ3) is 1.02. The summed E-state index contributed by atoms with van der Waals surface area (Å²) in [5, 5.41) is 6.88. The van der Waals surface area contributed by atoms with Crippen molar-refractivity contribution in [2.24, 2.45) is 5.73 Å². The smallest absolute Gasteiger partial charge is 0.252 e. The van der Waals surface area contributed by atoms with Crippen LogP contribution in [0, 0.1) is 0 Å². The van der Waals surface area contributed by atoms with E-state index in [-0.39, 0.29) is 11.3 Å². The summed E-state index contributed by atoms with van der Waals surface area (Å²) >= 11 is 0. The van der Waals surface area contributed by atoms with Crippen molar-refractivity contribution in [1.82, 2.24) is 10.2 Å². The van der Waals surface area contributed by atoms with E-state index >= 15 is 0 Å².